The molecule has 7 nitrogen and oxygen atoms in total. The molecule has 1 aromatic rings. The third-order valence-corrected chi connectivity index (χ3v) is 4.67. The van der Waals surface area contributed by atoms with Crippen LogP contribution in [0.25, 0.3) is 0 Å². The van der Waals surface area contributed by atoms with E-state index in [1.54, 1.807) is 0 Å². The first-order valence-electron chi connectivity index (χ1n) is 6.81. The standard InChI is InChI=1S/C13H15N3O4S/c17-10(18)5-9(7-1-2-7)15-11(19)8-6-14-13-16(12(8)20)3-4-21-13/h6-7,9H,1-5H2,(H,15,19)(H,17,18). The van der Waals surface area contributed by atoms with Crippen LogP contribution in [0.1, 0.15) is 29.6 Å². The number of rotatable bonds is 5. The van der Waals surface area contributed by atoms with E-state index >= 15 is 0 Å². The molecule has 0 spiro atoms. The van der Waals surface area contributed by atoms with Crippen LogP contribution in [0, 0.1) is 5.92 Å². The van der Waals surface area contributed by atoms with E-state index in [9.17, 15) is 14.4 Å². The minimum atomic E-state index is -0.951. The minimum Gasteiger partial charge on any atom is -0.481 e. The summed E-state index contributed by atoms with van der Waals surface area (Å²) < 4.78 is 1.49. The van der Waals surface area contributed by atoms with E-state index in [4.69, 9.17) is 5.11 Å². The quantitative estimate of drug-likeness (QED) is 0.760. The van der Waals surface area contributed by atoms with Gasteiger partial charge in [-0.3, -0.25) is 19.0 Å². The number of carbonyl (C=O) groups is 2. The van der Waals surface area contributed by atoms with Crippen LogP contribution >= 0.6 is 11.8 Å². The van der Waals surface area contributed by atoms with Gasteiger partial charge in [0.05, 0.1) is 6.42 Å². The molecule has 3 rings (SSSR count). The van der Waals surface area contributed by atoms with E-state index < -0.39 is 17.9 Å². The molecule has 0 radical (unpaired) electrons. The molecule has 0 aromatic carbocycles. The van der Waals surface area contributed by atoms with Crippen LogP contribution in [0.4, 0.5) is 0 Å². The monoisotopic (exact) mass is 309 g/mol. The van der Waals surface area contributed by atoms with E-state index in [0.717, 1.165) is 18.6 Å². The van der Waals surface area contributed by atoms with Crippen LogP contribution in [0.15, 0.2) is 16.1 Å². The van der Waals surface area contributed by atoms with Crippen LogP contribution < -0.4 is 10.9 Å². The zero-order chi connectivity index (χ0) is 15.0. The molecule has 8 heteroatoms. The van der Waals surface area contributed by atoms with Gasteiger partial charge in [0.2, 0.25) is 0 Å². The molecule has 1 aromatic heterocycles. The summed E-state index contributed by atoms with van der Waals surface area (Å²) in [6.07, 6.45) is 2.99. The van der Waals surface area contributed by atoms with E-state index in [1.165, 1.54) is 22.5 Å². The number of carboxylic acids is 1. The van der Waals surface area contributed by atoms with Crippen LogP contribution in [-0.2, 0) is 11.3 Å². The molecule has 0 saturated heterocycles. The maximum atomic E-state index is 12.2. The summed E-state index contributed by atoms with van der Waals surface area (Å²) >= 11 is 1.48. The Hall–Kier alpha value is -1.83. The Kier molecular flexibility index (Phi) is 3.71. The Morgan fingerprint density at radius 2 is 2.29 bits per heavy atom. The van der Waals surface area contributed by atoms with Crippen molar-refractivity contribution >= 4 is 23.6 Å². The Morgan fingerprint density at radius 1 is 1.52 bits per heavy atom. The summed E-state index contributed by atoms with van der Waals surface area (Å²) in [6.45, 7) is 0.550. The first-order chi connectivity index (χ1) is 10.1. The van der Waals surface area contributed by atoms with Gasteiger partial charge in [-0.2, -0.15) is 0 Å². The second kappa shape index (κ2) is 5.51. The second-order valence-electron chi connectivity index (χ2n) is 5.27. The van der Waals surface area contributed by atoms with E-state index in [1.807, 2.05) is 0 Å². The molecule has 2 heterocycles. The second-order valence-corrected chi connectivity index (χ2v) is 6.34. The van der Waals surface area contributed by atoms with Gasteiger partial charge in [-0.15, -0.1) is 0 Å². The molecule has 2 N–H and O–H groups in total. The Bertz CT molecular complexity index is 653. The zero-order valence-electron chi connectivity index (χ0n) is 11.2. The van der Waals surface area contributed by atoms with Gasteiger partial charge in [0.15, 0.2) is 5.16 Å². The molecular formula is C13H15N3O4S. The molecule has 0 bridgehead atoms. The van der Waals surface area contributed by atoms with Crippen molar-refractivity contribution in [3.8, 4) is 0 Å². The molecule has 1 fully saturated rings. The Morgan fingerprint density at radius 3 is 2.95 bits per heavy atom. The van der Waals surface area contributed by atoms with Gasteiger partial charge in [0.1, 0.15) is 5.56 Å². The van der Waals surface area contributed by atoms with Crippen molar-refractivity contribution in [2.75, 3.05) is 5.75 Å². The third-order valence-electron chi connectivity index (χ3n) is 3.70. The minimum absolute atomic E-state index is 0.0164. The SMILES string of the molecule is O=C(O)CC(NC(=O)c1cnc2n(c1=O)CCS2)C1CC1. The van der Waals surface area contributed by atoms with Gasteiger partial charge in [0.25, 0.3) is 11.5 Å². The van der Waals surface area contributed by atoms with E-state index in [0.29, 0.717) is 11.7 Å². The van der Waals surface area contributed by atoms with Crippen LogP contribution in [0.5, 0.6) is 0 Å². The van der Waals surface area contributed by atoms with Gasteiger partial charge < -0.3 is 10.4 Å². The fourth-order valence-electron chi connectivity index (χ4n) is 2.44. The summed E-state index contributed by atoms with van der Waals surface area (Å²) in [4.78, 5) is 39.4. The van der Waals surface area contributed by atoms with Crippen molar-refractivity contribution in [1.82, 2.24) is 14.9 Å². The number of thioether (sulfide) groups is 1. The lowest BCUT2D eigenvalue weighted by Gasteiger charge is -2.16. The number of fused-ring (bicyclic) bond motifs is 1. The summed E-state index contributed by atoms with van der Waals surface area (Å²) in [5.41, 5.74) is -0.371. The molecule has 1 amide bonds. The fourth-order valence-corrected chi connectivity index (χ4v) is 3.36. The number of aromatic nitrogens is 2. The lowest BCUT2D eigenvalue weighted by Crippen LogP contribution is -2.41. The number of aliphatic carboxylic acids is 1. The molecule has 1 aliphatic carbocycles. The summed E-state index contributed by atoms with van der Waals surface area (Å²) in [7, 11) is 0. The molecule has 1 unspecified atom stereocenters. The van der Waals surface area contributed by atoms with Gasteiger partial charge in [-0.1, -0.05) is 11.8 Å². The van der Waals surface area contributed by atoms with Crippen molar-refractivity contribution < 1.29 is 14.7 Å². The molecule has 1 atom stereocenters. The van der Waals surface area contributed by atoms with Crippen molar-refractivity contribution in [2.45, 2.75) is 37.0 Å². The first-order valence-corrected chi connectivity index (χ1v) is 7.80. The lowest BCUT2D eigenvalue weighted by molar-refractivity contribution is -0.137. The summed E-state index contributed by atoms with van der Waals surface area (Å²) in [5, 5.41) is 12.2. The number of carbonyl (C=O) groups excluding carboxylic acids is 1. The van der Waals surface area contributed by atoms with Crippen molar-refractivity contribution in [1.29, 1.82) is 0 Å². The average molecular weight is 309 g/mol. The molecule has 112 valence electrons. The molecule has 1 saturated carbocycles. The molecule has 2 aliphatic rings. The highest BCUT2D eigenvalue weighted by molar-refractivity contribution is 7.99. The van der Waals surface area contributed by atoms with Crippen molar-refractivity contribution in [3.63, 3.8) is 0 Å². The van der Waals surface area contributed by atoms with E-state index in [-0.39, 0.29) is 23.5 Å². The normalized spacial score (nSPS) is 18.1. The molecular weight excluding hydrogens is 294 g/mol. The van der Waals surface area contributed by atoms with Crippen LogP contribution in [0.2, 0.25) is 0 Å². The highest BCUT2D eigenvalue weighted by Gasteiger charge is 2.34. The number of amides is 1. The maximum Gasteiger partial charge on any atom is 0.305 e. The number of hydrogen-bond acceptors (Lipinski definition) is 5. The van der Waals surface area contributed by atoms with Gasteiger partial charge in [-0.25, -0.2) is 4.98 Å². The third kappa shape index (κ3) is 2.94. The highest BCUT2D eigenvalue weighted by Crippen LogP contribution is 2.34. The number of nitrogens with one attached hydrogen (secondary N) is 1. The van der Waals surface area contributed by atoms with E-state index in [2.05, 4.69) is 10.3 Å². The van der Waals surface area contributed by atoms with Crippen LogP contribution in [0.3, 0.4) is 0 Å². The summed E-state index contributed by atoms with van der Waals surface area (Å²) in [5.74, 6) is -0.507. The van der Waals surface area contributed by atoms with Gasteiger partial charge in [0, 0.05) is 24.5 Å². The predicted molar refractivity (Wildman–Crippen MR) is 75.5 cm³/mol. The number of hydrogen-bond donors (Lipinski definition) is 2. The maximum absolute atomic E-state index is 12.2. The fraction of sp³-hybridized carbons (Fsp3) is 0.538. The highest BCUT2D eigenvalue weighted by atomic mass is 32.2. The van der Waals surface area contributed by atoms with Crippen molar-refractivity contribution in [3.05, 3.63) is 22.1 Å². The van der Waals surface area contributed by atoms with Crippen LogP contribution in [-0.4, -0.2) is 38.3 Å². The number of nitrogens with zero attached hydrogens (tertiary/aromatic N) is 2. The summed E-state index contributed by atoms with van der Waals surface area (Å²) in [6, 6.07) is -0.415. The Labute approximate surface area is 124 Å². The lowest BCUT2D eigenvalue weighted by atomic mass is 10.1. The predicted octanol–water partition coefficient (Wildman–Crippen LogP) is 0.332. The Balaban J connectivity index is 1.79. The topological polar surface area (TPSA) is 101 Å². The molecule has 1 aliphatic heterocycles. The van der Waals surface area contributed by atoms with Gasteiger partial charge >= 0.3 is 5.97 Å². The zero-order valence-corrected chi connectivity index (χ0v) is 12.1. The van der Waals surface area contributed by atoms with Gasteiger partial charge in [-0.05, 0) is 18.8 Å². The smallest absolute Gasteiger partial charge is 0.305 e. The first kappa shape index (κ1) is 14.1. The number of carboxylic acid groups (broad SMARTS) is 1. The average Bonchev–Trinajstić information content (AvgIpc) is 3.16. The molecule has 21 heavy (non-hydrogen) atoms. The largest absolute Gasteiger partial charge is 0.481 e. The van der Waals surface area contributed by atoms with Crippen molar-refractivity contribution in [2.24, 2.45) is 5.92 Å².